The van der Waals surface area contributed by atoms with Gasteiger partial charge in [-0.05, 0) is 35.9 Å². The summed E-state index contributed by atoms with van der Waals surface area (Å²) in [5, 5.41) is 19.8. The maximum atomic E-state index is 12.5. The third-order valence-corrected chi connectivity index (χ3v) is 6.22. The Morgan fingerprint density at radius 2 is 1.93 bits per heavy atom. The fourth-order valence-corrected chi connectivity index (χ4v) is 4.18. The summed E-state index contributed by atoms with van der Waals surface area (Å²) in [7, 11) is -3.23. The molecule has 0 saturated carbocycles. The molecule has 0 saturated heterocycles. The Balaban J connectivity index is 1.66. The average molecular weight is 449 g/mol. The van der Waals surface area contributed by atoms with Crippen molar-refractivity contribution in [3.63, 3.8) is 0 Å². The lowest BCUT2D eigenvalue weighted by Crippen LogP contribution is -2.19. The van der Waals surface area contributed by atoms with Crippen LogP contribution in [0.5, 0.6) is 11.5 Å². The monoisotopic (exact) mass is 448 g/mol. The second-order valence-corrected chi connectivity index (χ2v) is 8.73. The number of nitrogens with zero attached hydrogens (tertiary/aromatic N) is 2. The molecule has 2 aromatic carbocycles. The summed E-state index contributed by atoms with van der Waals surface area (Å²) in [6.45, 7) is 0.122. The van der Waals surface area contributed by atoms with E-state index < -0.39 is 16.5 Å². The first-order valence-corrected chi connectivity index (χ1v) is 10.6. The highest BCUT2D eigenvalue weighted by Crippen LogP contribution is 2.43. The molecule has 11 heteroatoms. The highest BCUT2D eigenvalue weighted by molar-refractivity contribution is 8.22. The van der Waals surface area contributed by atoms with E-state index in [4.69, 9.17) is 11.6 Å². The first kappa shape index (κ1) is 20.3. The van der Waals surface area contributed by atoms with Gasteiger partial charge in [0, 0.05) is 18.8 Å². The average Bonchev–Trinajstić information content (AvgIpc) is 3.05. The number of halogens is 1. The van der Waals surface area contributed by atoms with E-state index in [0.29, 0.717) is 16.6 Å². The highest BCUT2D eigenvalue weighted by Gasteiger charge is 2.17. The number of aromatic hydroxyl groups is 2. The zero-order valence-corrected chi connectivity index (χ0v) is 16.9. The van der Waals surface area contributed by atoms with Crippen LogP contribution in [0.2, 0.25) is 5.02 Å². The van der Waals surface area contributed by atoms with Crippen molar-refractivity contribution in [2.24, 2.45) is 0 Å². The molecule has 4 aromatic rings. The third-order valence-electron chi connectivity index (χ3n) is 4.47. The van der Waals surface area contributed by atoms with E-state index in [-0.39, 0.29) is 33.6 Å². The Morgan fingerprint density at radius 1 is 1.13 bits per heavy atom. The lowest BCUT2D eigenvalue weighted by Gasteiger charge is -2.32. The van der Waals surface area contributed by atoms with Crippen LogP contribution >= 0.6 is 22.4 Å². The molecule has 4 rings (SSSR count). The van der Waals surface area contributed by atoms with E-state index in [0.717, 1.165) is 6.07 Å². The van der Waals surface area contributed by atoms with Crippen LogP contribution in [0.3, 0.4) is 0 Å². The van der Waals surface area contributed by atoms with Crippen molar-refractivity contribution in [2.45, 2.75) is 11.4 Å². The van der Waals surface area contributed by atoms with E-state index in [1.54, 1.807) is 30.3 Å². The minimum absolute atomic E-state index is 0.00882. The molecule has 0 amide bonds. The molecule has 9 nitrogen and oxygen atoms in total. The summed E-state index contributed by atoms with van der Waals surface area (Å²) >= 11 is 5.92. The van der Waals surface area contributed by atoms with Gasteiger partial charge in [0.15, 0.2) is 0 Å². The first-order valence-electron chi connectivity index (χ1n) is 8.64. The minimum Gasteiger partial charge on any atom is -0.506 e. The van der Waals surface area contributed by atoms with Crippen molar-refractivity contribution < 1.29 is 19.3 Å². The number of pyridine rings is 1. The summed E-state index contributed by atoms with van der Waals surface area (Å²) in [5.74, 6) is -0.608. The molecule has 0 bridgehead atoms. The molecule has 0 unspecified atom stereocenters. The molecule has 156 valence electrons. The molecule has 2 aromatic heterocycles. The van der Waals surface area contributed by atoms with Gasteiger partial charge in [0.05, 0.1) is 32.8 Å². The van der Waals surface area contributed by atoms with Crippen LogP contribution in [0.25, 0.3) is 16.7 Å². The number of hydrogen-bond donors (Lipinski definition) is 6. The van der Waals surface area contributed by atoms with Gasteiger partial charge in [-0.25, -0.2) is 9.52 Å². The Morgan fingerprint density at radius 3 is 2.67 bits per heavy atom. The van der Waals surface area contributed by atoms with Crippen LogP contribution in [0.4, 0.5) is 0 Å². The number of H-pyrrole nitrogens is 1. The molecule has 0 aliphatic rings. The van der Waals surface area contributed by atoms with Gasteiger partial charge in [0.1, 0.15) is 11.5 Å². The predicted octanol–water partition coefficient (Wildman–Crippen LogP) is 3.59. The van der Waals surface area contributed by atoms with Crippen LogP contribution in [-0.4, -0.2) is 33.9 Å². The van der Waals surface area contributed by atoms with Crippen molar-refractivity contribution >= 4 is 33.4 Å². The maximum absolute atomic E-state index is 12.5. The maximum Gasteiger partial charge on any atom is 0.331 e. The van der Waals surface area contributed by atoms with Crippen LogP contribution in [0.15, 0.2) is 64.5 Å². The summed E-state index contributed by atoms with van der Waals surface area (Å²) in [6, 6.07) is 10.6. The normalized spacial score (nSPS) is 12.4. The lowest BCUT2D eigenvalue weighted by atomic mass is 10.2. The minimum atomic E-state index is -3.23. The lowest BCUT2D eigenvalue weighted by molar-refractivity contribution is 0.449. The standard InChI is InChI=1S/C19H17ClN4O5S/c20-13-7-16(18(26)8-17(13)25)24-15-4-3-11(6-14(15)23-19(24)27)9-22-30(28,29)12-2-1-5-21-10-12/h1-8,10,22,25-26,28-29H,9H2,(H,23,27). The van der Waals surface area contributed by atoms with Crippen LogP contribution in [0.1, 0.15) is 5.56 Å². The number of imidazole rings is 1. The Hall–Kier alpha value is -3.02. The molecule has 0 spiro atoms. The number of aromatic nitrogens is 3. The number of hydrogen-bond acceptors (Lipinski definition) is 7. The third kappa shape index (κ3) is 3.74. The van der Waals surface area contributed by atoms with E-state index in [1.165, 1.54) is 23.0 Å². The van der Waals surface area contributed by atoms with Crippen molar-refractivity contribution in [3.05, 3.63) is 75.9 Å². The van der Waals surface area contributed by atoms with E-state index in [1.807, 2.05) is 0 Å². The fraction of sp³-hybridized carbons (Fsp3) is 0.0526. The number of benzene rings is 2. The largest absolute Gasteiger partial charge is 0.506 e. The van der Waals surface area contributed by atoms with Crippen molar-refractivity contribution in [2.75, 3.05) is 0 Å². The number of fused-ring (bicyclic) bond motifs is 1. The Kier molecular flexibility index (Phi) is 5.18. The van der Waals surface area contributed by atoms with Gasteiger partial charge in [-0.3, -0.25) is 18.7 Å². The van der Waals surface area contributed by atoms with Crippen molar-refractivity contribution in [3.8, 4) is 17.2 Å². The van der Waals surface area contributed by atoms with Crippen molar-refractivity contribution in [1.29, 1.82) is 0 Å². The number of phenols is 2. The van der Waals surface area contributed by atoms with Gasteiger partial charge in [-0.2, -0.15) is 0 Å². The van der Waals surface area contributed by atoms with E-state index in [9.17, 15) is 24.1 Å². The fourth-order valence-electron chi connectivity index (χ4n) is 3.01. The molecule has 0 atom stereocenters. The topological polar surface area (TPSA) is 144 Å². The van der Waals surface area contributed by atoms with Gasteiger partial charge >= 0.3 is 5.69 Å². The molecule has 30 heavy (non-hydrogen) atoms. The number of rotatable bonds is 5. The first-order chi connectivity index (χ1) is 14.3. The number of aromatic amines is 1. The molecule has 0 fully saturated rings. The summed E-state index contributed by atoms with van der Waals surface area (Å²) < 4.78 is 24.5. The molecule has 0 radical (unpaired) electrons. The zero-order chi connectivity index (χ0) is 21.5. The molecule has 0 aliphatic carbocycles. The van der Waals surface area contributed by atoms with Gasteiger partial charge in [0.2, 0.25) is 0 Å². The highest BCUT2D eigenvalue weighted by atomic mass is 35.5. The Labute approximate surface area is 176 Å². The quantitative estimate of drug-likeness (QED) is 0.273. The second-order valence-electron chi connectivity index (χ2n) is 6.47. The Bertz CT molecular complexity index is 1290. The zero-order valence-electron chi connectivity index (χ0n) is 15.3. The van der Waals surface area contributed by atoms with E-state index >= 15 is 0 Å². The predicted molar refractivity (Wildman–Crippen MR) is 114 cm³/mol. The SMILES string of the molecule is O=c1[nH]c2cc(CNS(O)(O)c3cccnc3)ccc2n1-c1cc(Cl)c(O)cc1O. The summed E-state index contributed by atoms with van der Waals surface area (Å²) in [4.78, 5) is 19.3. The summed E-state index contributed by atoms with van der Waals surface area (Å²) in [5.41, 5.74) is 1.24. The second kappa shape index (κ2) is 7.67. The molecule has 6 N–H and O–H groups in total. The molecular formula is C19H17ClN4O5S. The number of phenolic OH excluding ortho intramolecular Hbond substituents is 2. The number of nitrogens with one attached hydrogen (secondary N) is 2. The molecule has 2 heterocycles. The van der Waals surface area contributed by atoms with Crippen LogP contribution in [-0.2, 0) is 6.54 Å². The summed E-state index contributed by atoms with van der Waals surface area (Å²) in [6.07, 6.45) is 2.91. The van der Waals surface area contributed by atoms with Gasteiger partial charge < -0.3 is 15.2 Å². The smallest absolute Gasteiger partial charge is 0.331 e. The molecule has 0 aliphatic heterocycles. The van der Waals surface area contributed by atoms with Crippen molar-refractivity contribution in [1.82, 2.24) is 19.3 Å². The van der Waals surface area contributed by atoms with Gasteiger partial charge in [-0.15, -0.1) is 10.8 Å². The van der Waals surface area contributed by atoms with Gasteiger partial charge in [-0.1, -0.05) is 17.7 Å². The van der Waals surface area contributed by atoms with Crippen LogP contribution < -0.4 is 10.4 Å². The molecular weight excluding hydrogens is 432 g/mol. The van der Waals surface area contributed by atoms with Gasteiger partial charge in [0.25, 0.3) is 0 Å². The van der Waals surface area contributed by atoms with E-state index in [2.05, 4.69) is 14.7 Å². The van der Waals surface area contributed by atoms with Crippen LogP contribution in [0, 0.1) is 0 Å².